The summed E-state index contributed by atoms with van der Waals surface area (Å²) >= 11 is 0. The van der Waals surface area contributed by atoms with E-state index in [4.69, 9.17) is 24.1 Å². The predicted octanol–water partition coefficient (Wildman–Crippen LogP) is -0.0790. The summed E-state index contributed by atoms with van der Waals surface area (Å²) in [6.45, 7) is 8.43. The maximum absolute atomic E-state index is 13.9. The summed E-state index contributed by atoms with van der Waals surface area (Å²) in [4.78, 5) is 13.9. The van der Waals surface area contributed by atoms with E-state index in [-0.39, 0.29) is 30.6 Å². The summed E-state index contributed by atoms with van der Waals surface area (Å²) in [5, 5.41) is 134. The first-order valence-electron chi connectivity index (χ1n) is 19.7. The molecule has 1 heterocycles. The highest BCUT2D eigenvalue weighted by atomic mass is 16.7. The smallest absolute Gasteiger partial charge is 0.314 e. The number of hydrogen-bond donors (Lipinski definition) is 13. The maximum atomic E-state index is 13.9. The van der Waals surface area contributed by atoms with E-state index in [2.05, 4.69) is 13.5 Å². The SMILES string of the molecule is C=C1C[C@@]23CCC4[C@@](C)(CCC[C@@]4(C)C(=O)OC(O)/C(O)=C(/O)C(O)CCO)C2CC[C@]1(OC(O)/C(O)=C(/OC1OC(CO)C(O)C(O)C1O)C(O)CCO)[C@@H]3C. The average molecular weight is 819 g/mol. The van der Waals surface area contributed by atoms with Crippen molar-refractivity contribution in [3.8, 4) is 0 Å². The van der Waals surface area contributed by atoms with Crippen molar-refractivity contribution in [2.45, 2.75) is 146 Å². The van der Waals surface area contributed by atoms with Crippen LogP contribution in [0.2, 0.25) is 0 Å². The van der Waals surface area contributed by atoms with Gasteiger partial charge in [-0.15, -0.1) is 0 Å². The van der Waals surface area contributed by atoms with Gasteiger partial charge in [0.25, 0.3) is 6.29 Å². The van der Waals surface area contributed by atoms with Crippen molar-refractivity contribution in [1.82, 2.24) is 0 Å². The fraction of sp³-hybridized carbons (Fsp3) is 0.821. The van der Waals surface area contributed by atoms with Crippen molar-refractivity contribution in [2.24, 2.45) is 34.0 Å². The third-order valence-corrected chi connectivity index (χ3v) is 14.4. The molecule has 1 aliphatic heterocycles. The lowest BCUT2D eigenvalue weighted by molar-refractivity contribution is -0.295. The number of hydrogen-bond acceptors (Lipinski definition) is 18. The van der Waals surface area contributed by atoms with Gasteiger partial charge < -0.3 is 85.3 Å². The largest absolute Gasteiger partial charge is 0.506 e. The van der Waals surface area contributed by atoms with Gasteiger partial charge in [-0.3, -0.25) is 4.79 Å². The molecule has 0 aromatic carbocycles. The molecule has 18 nitrogen and oxygen atoms in total. The highest BCUT2D eigenvalue weighted by Crippen LogP contribution is 2.75. The van der Waals surface area contributed by atoms with E-state index in [1.165, 1.54) is 0 Å². The van der Waals surface area contributed by atoms with Crippen LogP contribution in [0.25, 0.3) is 0 Å². The quantitative estimate of drug-likeness (QED) is 0.0445. The standard InChI is InChI=1S/C39H62O18/c1-18-16-38-12-6-23-36(3,10-5-11-37(23,4)35(53)56-32(51)28(48)25(45)20(43)8-14-40)24(38)7-13-39(18,19(38)2)57-33(52)30(50)31(21(44)9-15-41)55-34-29(49)27(47)26(46)22(17-42)54-34/h19-24,26-27,29,32-34,40-52H,1,5-17H2,2-4H3/b28-25-,31-30-/t19-,20?,21?,22?,23?,24?,26?,27?,29?,32?,33?,34?,36-,37-,38-,39-/m1/s1. The number of ether oxygens (including phenoxy) is 4. The van der Waals surface area contributed by atoms with Gasteiger partial charge in [-0.2, -0.15) is 0 Å². The van der Waals surface area contributed by atoms with E-state index in [9.17, 15) is 66.1 Å². The summed E-state index contributed by atoms with van der Waals surface area (Å²) in [5.74, 6) is -5.14. The predicted molar refractivity (Wildman–Crippen MR) is 195 cm³/mol. The van der Waals surface area contributed by atoms with Gasteiger partial charge in [0, 0.05) is 26.1 Å². The lowest BCUT2D eigenvalue weighted by atomic mass is 9.39. The minimum Gasteiger partial charge on any atom is -0.506 e. The fourth-order valence-corrected chi connectivity index (χ4v) is 11.4. The third-order valence-electron chi connectivity index (χ3n) is 14.4. The molecule has 11 unspecified atom stereocenters. The van der Waals surface area contributed by atoms with Crippen LogP contribution in [-0.4, -0.2) is 153 Å². The number of carbonyl (C=O) groups is 1. The molecule has 0 aromatic rings. The van der Waals surface area contributed by atoms with Crippen LogP contribution in [0, 0.1) is 34.0 Å². The molecular formula is C39H62O18. The van der Waals surface area contributed by atoms with Crippen LogP contribution in [0.15, 0.2) is 35.2 Å². The molecular weight excluding hydrogens is 756 g/mol. The van der Waals surface area contributed by atoms with Crippen LogP contribution >= 0.6 is 0 Å². The summed E-state index contributed by atoms with van der Waals surface area (Å²) in [5.41, 5.74) is -2.44. The first-order chi connectivity index (χ1) is 26.7. The number of esters is 1. The number of aliphatic hydroxyl groups is 13. The van der Waals surface area contributed by atoms with E-state index >= 15 is 0 Å². The lowest BCUT2D eigenvalue weighted by Crippen LogP contribution is -2.62. The highest BCUT2D eigenvalue weighted by Gasteiger charge is 2.71. The second kappa shape index (κ2) is 17.2. The van der Waals surface area contributed by atoms with Crippen molar-refractivity contribution >= 4 is 5.97 Å². The van der Waals surface area contributed by atoms with E-state index in [1.807, 2.05) is 6.92 Å². The Morgan fingerprint density at radius 1 is 0.825 bits per heavy atom. The molecule has 16 atom stereocenters. The molecule has 1 saturated heterocycles. The van der Waals surface area contributed by atoms with Gasteiger partial charge in [-0.05, 0) is 86.0 Å². The molecule has 326 valence electrons. The second-order valence-electron chi connectivity index (χ2n) is 17.2. The molecule has 0 amide bonds. The minimum atomic E-state index is -2.25. The first kappa shape index (κ1) is 45.5. The normalized spacial score (nSPS) is 42.1. The van der Waals surface area contributed by atoms with Gasteiger partial charge in [-0.25, -0.2) is 0 Å². The zero-order chi connectivity index (χ0) is 42.4. The summed E-state index contributed by atoms with van der Waals surface area (Å²) in [7, 11) is 0. The maximum Gasteiger partial charge on any atom is 0.314 e. The van der Waals surface area contributed by atoms with Crippen molar-refractivity contribution < 1.29 is 90.1 Å². The van der Waals surface area contributed by atoms with Crippen LogP contribution < -0.4 is 0 Å². The average Bonchev–Trinajstić information content (AvgIpc) is 3.26. The summed E-state index contributed by atoms with van der Waals surface area (Å²) in [6, 6.07) is 0. The van der Waals surface area contributed by atoms with Crippen molar-refractivity contribution in [3.63, 3.8) is 0 Å². The van der Waals surface area contributed by atoms with Gasteiger partial charge in [-0.1, -0.05) is 26.8 Å². The van der Waals surface area contributed by atoms with Crippen molar-refractivity contribution in [3.05, 3.63) is 35.2 Å². The number of carbonyl (C=O) groups excluding carboxylic acids is 1. The Balaban J connectivity index is 1.38. The van der Waals surface area contributed by atoms with Crippen molar-refractivity contribution in [1.29, 1.82) is 0 Å². The van der Waals surface area contributed by atoms with E-state index in [0.29, 0.717) is 50.5 Å². The van der Waals surface area contributed by atoms with Gasteiger partial charge in [0.15, 0.2) is 17.3 Å². The van der Waals surface area contributed by atoms with Crippen LogP contribution in [0.1, 0.15) is 85.0 Å². The van der Waals surface area contributed by atoms with Gasteiger partial charge in [0.05, 0.1) is 17.6 Å². The fourth-order valence-electron chi connectivity index (χ4n) is 11.4. The van der Waals surface area contributed by atoms with E-state index in [1.54, 1.807) is 6.92 Å². The topological polar surface area (TPSA) is 317 Å². The van der Waals surface area contributed by atoms with Crippen LogP contribution in [0.3, 0.4) is 0 Å². The molecule has 18 heteroatoms. The molecule has 4 aliphatic carbocycles. The van der Waals surface area contributed by atoms with Crippen LogP contribution in [-0.2, 0) is 23.7 Å². The number of fused-ring (bicyclic) bond motifs is 3. The molecule has 5 rings (SSSR count). The third kappa shape index (κ3) is 7.70. The van der Waals surface area contributed by atoms with E-state index < -0.39 is 126 Å². The summed E-state index contributed by atoms with van der Waals surface area (Å²) in [6.07, 6.45) is -12.7. The van der Waals surface area contributed by atoms with Gasteiger partial charge in [0.2, 0.25) is 18.3 Å². The Morgan fingerprint density at radius 3 is 2.09 bits per heavy atom. The Morgan fingerprint density at radius 2 is 1.46 bits per heavy atom. The zero-order valence-corrected chi connectivity index (χ0v) is 32.7. The first-order valence-corrected chi connectivity index (χ1v) is 19.7. The Labute approximate surface area is 330 Å². The van der Waals surface area contributed by atoms with Crippen LogP contribution in [0.5, 0.6) is 0 Å². The molecule has 13 N–H and O–H groups in total. The van der Waals surface area contributed by atoms with Gasteiger partial charge in [0.1, 0.15) is 36.6 Å². The number of rotatable bonds is 15. The highest BCUT2D eigenvalue weighted by molar-refractivity contribution is 5.77. The minimum absolute atomic E-state index is 0.0239. The number of aliphatic hydroxyl groups excluding tert-OH is 13. The molecule has 1 spiro atoms. The molecule has 5 aliphatic rings. The van der Waals surface area contributed by atoms with Gasteiger partial charge >= 0.3 is 5.97 Å². The molecule has 5 fully saturated rings. The summed E-state index contributed by atoms with van der Waals surface area (Å²) < 4.78 is 22.6. The Hall–Kier alpha value is -2.59. The second-order valence-corrected chi connectivity index (χ2v) is 17.2. The lowest BCUT2D eigenvalue weighted by Gasteiger charge is -2.65. The van der Waals surface area contributed by atoms with Crippen molar-refractivity contribution in [2.75, 3.05) is 19.8 Å². The molecule has 0 aromatic heterocycles. The Kier molecular flexibility index (Phi) is 13.7. The zero-order valence-electron chi connectivity index (χ0n) is 32.7. The molecule has 0 radical (unpaired) electrons. The monoisotopic (exact) mass is 818 g/mol. The molecule has 57 heavy (non-hydrogen) atoms. The van der Waals surface area contributed by atoms with E-state index in [0.717, 1.165) is 6.42 Å². The Bertz CT molecular complexity index is 1530. The van der Waals surface area contributed by atoms with Crippen LogP contribution in [0.4, 0.5) is 0 Å². The molecule has 4 saturated carbocycles. The molecule has 2 bridgehead atoms.